The van der Waals surface area contributed by atoms with Crippen molar-refractivity contribution in [1.82, 2.24) is 9.78 Å². The maximum absolute atomic E-state index is 10.1. The van der Waals surface area contributed by atoms with Crippen LogP contribution in [0.3, 0.4) is 0 Å². The van der Waals surface area contributed by atoms with Gasteiger partial charge in [0, 0.05) is 13.2 Å². The number of nitrogens with zero attached hydrogens (tertiary/aromatic N) is 2. The fourth-order valence-corrected chi connectivity index (χ4v) is 1.90. The van der Waals surface area contributed by atoms with E-state index in [-0.39, 0.29) is 0 Å². The number of aliphatic hydroxyl groups excluding tert-OH is 1. The quantitative estimate of drug-likeness (QED) is 0.878. The number of aryl methyl sites for hydroxylation is 2. The van der Waals surface area contributed by atoms with E-state index in [4.69, 9.17) is 4.74 Å². The van der Waals surface area contributed by atoms with Crippen LogP contribution in [0.15, 0.2) is 36.7 Å². The number of hydrogen-bond donors (Lipinski definition) is 1. The largest absolute Gasteiger partial charge is 0.497 e. The van der Waals surface area contributed by atoms with Gasteiger partial charge in [0.1, 0.15) is 5.75 Å². The molecule has 0 aliphatic rings. The summed E-state index contributed by atoms with van der Waals surface area (Å²) in [6.07, 6.45) is 4.87. The van der Waals surface area contributed by atoms with E-state index in [2.05, 4.69) is 5.10 Å². The van der Waals surface area contributed by atoms with Crippen LogP contribution in [0.5, 0.6) is 5.75 Å². The molecule has 4 heteroatoms. The van der Waals surface area contributed by atoms with E-state index in [1.165, 1.54) is 0 Å². The second-order valence-electron chi connectivity index (χ2n) is 4.35. The van der Waals surface area contributed by atoms with Crippen molar-refractivity contribution in [3.05, 3.63) is 47.8 Å². The number of hydrogen-bond acceptors (Lipinski definition) is 3. The standard InChI is InChI=1S/C14H18N2O2/c1-16-10-11(9-15-16)3-8-14(17)12-4-6-13(18-2)7-5-12/h4-7,9-10,14,17H,3,8H2,1-2H3. The number of ether oxygens (including phenoxy) is 1. The molecule has 0 saturated heterocycles. The Morgan fingerprint density at radius 1 is 1.33 bits per heavy atom. The van der Waals surface area contributed by atoms with Gasteiger partial charge >= 0.3 is 0 Å². The van der Waals surface area contributed by atoms with E-state index in [0.717, 1.165) is 23.3 Å². The van der Waals surface area contributed by atoms with E-state index < -0.39 is 6.10 Å². The maximum atomic E-state index is 10.1. The number of methoxy groups -OCH3 is 1. The Hall–Kier alpha value is -1.81. The molecule has 0 amide bonds. The van der Waals surface area contributed by atoms with Crippen LogP contribution in [0.4, 0.5) is 0 Å². The first-order chi connectivity index (χ1) is 8.69. The van der Waals surface area contributed by atoms with E-state index in [1.54, 1.807) is 11.8 Å². The van der Waals surface area contributed by atoms with Crippen LogP contribution in [0.2, 0.25) is 0 Å². The lowest BCUT2D eigenvalue weighted by Crippen LogP contribution is -1.99. The first-order valence-electron chi connectivity index (χ1n) is 5.98. The van der Waals surface area contributed by atoms with Gasteiger partial charge in [0.15, 0.2) is 0 Å². The van der Waals surface area contributed by atoms with Gasteiger partial charge in [0.05, 0.1) is 19.4 Å². The molecule has 2 aromatic rings. The van der Waals surface area contributed by atoms with Crippen LogP contribution in [0.25, 0.3) is 0 Å². The smallest absolute Gasteiger partial charge is 0.118 e. The molecule has 0 aliphatic heterocycles. The summed E-state index contributed by atoms with van der Waals surface area (Å²) >= 11 is 0. The molecule has 2 rings (SSSR count). The van der Waals surface area contributed by atoms with Crippen LogP contribution in [-0.2, 0) is 13.5 Å². The molecule has 0 radical (unpaired) electrons. The van der Waals surface area contributed by atoms with Crippen molar-refractivity contribution in [2.24, 2.45) is 7.05 Å². The number of aliphatic hydroxyl groups is 1. The van der Waals surface area contributed by atoms with E-state index in [0.29, 0.717) is 6.42 Å². The molecular formula is C14H18N2O2. The zero-order chi connectivity index (χ0) is 13.0. The summed E-state index contributed by atoms with van der Waals surface area (Å²) in [6.45, 7) is 0. The predicted molar refractivity (Wildman–Crippen MR) is 69.5 cm³/mol. The van der Waals surface area contributed by atoms with Gasteiger partial charge in [-0.3, -0.25) is 4.68 Å². The summed E-state index contributed by atoms with van der Waals surface area (Å²) < 4.78 is 6.86. The highest BCUT2D eigenvalue weighted by atomic mass is 16.5. The third kappa shape index (κ3) is 3.11. The predicted octanol–water partition coefficient (Wildman–Crippen LogP) is 2.09. The molecule has 0 spiro atoms. The van der Waals surface area contributed by atoms with Gasteiger partial charge < -0.3 is 9.84 Å². The van der Waals surface area contributed by atoms with Crippen LogP contribution < -0.4 is 4.74 Å². The number of benzene rings is 1. The first kappa shape index (κ1) is 12.6. The van der Waals surface area contributed by atoms with Crippen molar-refractivity contribution in [3.63, 3.8) is 0 Å². The molecule has 0 bridgehead atoms. The minimum Gasteiger partial charge on any atom is -0.497 e. The minimum atomic E-state index is -0.448. The van der Waals surface area contributed by atoms with Gasteiger partial charge in [-0.2, -0.15) is 5.10 Å². The molecule has 1 heterocycles. The molecule has 1 N–H and O–H groups in total. The van der Waals surface area contributed by atoms with Crippen LogP contribution in [-0.4, -0.2) is 22.0 Å². The molecule has 1 aromatic carbocycles. The summed E-state index contributed by atoms with van der Waals surface area (Å²) in [5.41, 5.74) is 2.06. The molecule has 0 saturated carbocycles. The fourth-order valence-electron chi connectivity index (χ4n) is 1.90. The summed E-state index contributed by atoms with van der Waals surface area (Å²) in [4.78, 5) is 0. The van der Waals surface area contributed by atoms with Gasteiger partial charge in [-0.25, -0.2) is 0 Å². The van der Waals surface area contributed by atoms with Crippen molar-refractivity contribution >= 4 is 0 Å². The topological polar surface area (TPSA) is 47.3 Å². The maximum Gasteiger partial charge on any atom is 0.118 e. The zero-order valence-electron chi connectivity index (χ0n) is 10.7. The average Bonchev–Trinajstić information content (AvgIpc) is 2.82. The lowest BCUT2D eigenvalue weighted by molar-refractivity contribution is 0.168. The highest BCUT2D eigenvalue weighted by molar-refractivity contribution is 5.28. The van der Waals surface area contributed by atoms with Crippen molar-refractivity contribution in [2.75, 3.05) is 7.11 Å². The number of aromatic nitrogens is 2. The normalized spacial score (nSPS) is 12.4. The Balaban J connectivity index is 1.92. The Morgan fingerprint density at radius 2 is 2.06 bits per heavy atom. The van der Waals surface area contributed by atoms with Gasteiger partial charge in [-0.15, -0.1) is 0 Å². The molecule has 0 aliphatic carbocycles. The van der Waals surface area contributed by atoms with Gasteiger partial charge in [0.25, 0.3) is 0 Å². The lowest BCUT2D eigenvalue weighted by atomic mass is 10.0. The zero-order valence-corrected chi connectivity index (χ0v) is 10.7. The molecule has 1 unspecified atom stereocenters. The highest BCUT2D eigenvalue weighted by Crippen LogP contribution is 2.21. The molecule has 1 aromatic heterocycles. The molecule has 0 fully saturated rings. The lowest BCUT2D eigenvalue weighted by Gasteiger charge is -2.10. The summed E-state index contributed by atoms with van der Waals surface area (Å²) in [6, 6.07) is 7.52. The highest BCUT2D eigenvalue weighted by Gasteiger charge is 2.08. The van der Waals surface area contributed by atoms with Crippen LogP contribution >= 0.6 is 0 Å². The summed E-state index contributed by atoms with van der Waals surface area (Å²) in [7, 11) is 3.53. The average molecular weight is 246 g/mol. The Bertz CT molecular complexity index is 491. The molecule has 1 atom stereocenters. The number of rotatable bonds is 5. The van der Waals surface area contributed by atoms with Crippen molar-refractivity contribution in [1.29, 1.82) is 0 Å². The molecule has 18 heavy (non-hydrogen) atoms. The van der Waals surface area contributed by atoms with Crippen molar-refractivity contribution < 1.29 is 9.84 Å². The van der Waals surface area contributed by atoms with E-state index in [1.807, 2.05) is 43.7 Å². The molecule has 4 nitrogen and oxygen atoms in total. The second-order valence-corrected chi connectivity index (χ2v) is 4.35. The first-order valence-corrected chi connectivity index (χ1v) is 5.98. The monoisotopic (exact) mass is 246 g/mol. The van der Waals surface area contributed by atoms with Crippen LogP contribution in [0, 0.1) is 0 Å². The minimum absolute atomic E-state index is 0.448. The van der Waals surface area contributed by atoms with Gasteiger partial charge in [-0.05, 0) is 36.1 Å². The van der Waals surface area contributed by atoms with Crippen LogP contribution in [0.1, 0.15) is 23.7 Å². The van der Waals surface area contributed by atoms with Crippen molar-refractivity contribution in [2.45, 2.75) is 18.9 Å². The second kappa shape index (κ2) is 5.69. The fraction of sp³-hybridized carbons (Fsp3) is 0.357. The Labute approximate surface area is 107 Å². The molecule has 96 valence electrons. The Kier molecular flexibility index (Phi) is 3.99. The third-order valence-electron chi connectivity index (χ3n) is 2.97. The van der Waals surface area contributed by atoms with E-state index >= 15 is 0 Å². The summed E-state index contributed by atoms with van der Waals surface area (Å²) in [5, 5.41) is 14.2. The van der Waals surface area contributed by atoms with Gasteiger partial charge in [0.2, 0.25) is 0 Å². The third-order valence-corrected chi connectivity index (χ3v) is 2.97. The van der Waals surface area contributed by atoms with Crippen molar-refractivity contribution in [3.8, 4) is 5.75 Å². The van der Waals surface area contributed by atoms with Gasteiger partial charge in [-0.1, -0.05) is 12.1 Å². The Morgan fingerprint density at radius 3 is 2.61 bits per heavy atom. The summed E-state index contributed by atoms with van der Waals surface area (Å²) in [5.74, 6) is 0.804. The van der Waals surface area contributed by atoms with E-state index in [9.17, 15) is 5.11 Å². The SMILES string of the molecule is COc1ccc(C(O)CCc2cnn(C)c2)cc1. The molecular weight excluding hydrogens is 228 g/mol.